The lowest BCUT2D eigenvalue weighted by molar-refractivity contribution is 0.375. The maximum absolute atomic E-state index is 6.29. The van der Waals surface area contributed by atoms with E-state index in [1.54, 1.807) is 18.4 Å². The SMILES string of the molecule is CCCCC(CC)CC(N)c1sccc1OC. The highest BCUT2D eigenvalue weighted by atomic mass is 32.1. The predicted octanol–water partition coefficient (Wildman–Crippen LogP) is 4.36. The van der Waals surface area contributed by atoms with Gasteiger partial charge in [0.2, 0.25) is 0 Å². The molecule has 0 radical (unpaired) electrons. The molecule has 1 aromatic heterocycles. The number of hydrogen-bond acceptors (Lipinski definition) is 3. The maximum atomic E-state index is 6.29. The summed E-state index contributed by atoms with van der Waals surface area (Å²) in [4.78, 5) is 1.20. The molecule has 98 valence electrons. The Balaban J connectivity index is 2.54. The predicted molar refractivity (Wildman–Crippen MR) is 75.7 cm³/mol. The topological polar surface area (TPSA) is 35.2 Å². The van der Waals surface area contributed by atoms with Crippen molar-refractivity contribution in [2.75, 3.05) is 7.11 Å². The van der Waals surface area contributed by atoms with Gasteiger partial charge in [-0.05, 0) is 23.8 Å². The zero-order valence-corrected chi connectivity index (χ0v) is 12.1. The van der Waals surface area contributed by atoms with Crippen LogP contribution in [0.2, 0.25) is 0 Å². The lowest BCUT2D eigenvalue weighted by Crippen LogP contribution is -2.15. The summed E-state index contributed by atoms with van der Waals surface area (Å²) < 4.78 is 5.33. The van der Waals surface area contributed by atoms with Gasteiger partial charge in [0.25, 0.3) is 0 Å². The average Bonchev–Trinajstić information content (AvgIpc) is 2.82. The Hall–Kier alpha value is -0.540. The van der Waals surface area contributed by atoms with E-state index in [1.807, 2.05) is 6.07 Å². The van der Waals surface area contributed by atoms with Crippen molar-refractivity contribution in [1.29, 1.82) is 0 Å². The molecule has 2 unspecified atom stereocenters. The van der Waals surface area contributed by atoms with Gasteiger partial charge >= 0.3 is 0 Å². The van der Waals surface area contributed by atoms with Crippen molar-refractivity contribution in [2.24, 2.45) is 11.7 Å². The van der Waals surface area contributed by atoms with Gasteiger partial charge in [0.05, 0.1) is 12.0 Å². The normalized spacial score (nSPS) is 14.6. The van der Waals surface area contributed by atoms with Gasteiger partial charge < -0.3 is 10.5 Å². The fraction of sp³-hybridized carbons (Fsp3) is 0.714. The van der Waals surface area contributed by atoms with Gasteiger partial charge in [-0.15, -0.1) is 11.3 Å². The van der Waals surface area contributed by atoms with Crippen LogP contribution in [-0.4, -0.2) is 7.11 Å². The minimum atomic E-state index is 0.131. The Morgan fingerprint density at radius 3 is 2.76 bits per heavy atom. The molecule has 2 nitrogen and oxygen atoms in total. The summed E-state index contributed by atoms with van der Waals surface area (Å²) in [5.41, 5.74) is 6.29. The highest BCUT2D eigenvalue weighted by Crippen LogP contribution is 2.34. The summed E-state index contributed by atoms with van der Waals surface area (Å²) in [6.45, 7) is 4.51. The minimum absolute atomic E-state index is 0.131. The van der Waals surface area contributed by atoms with Gasteiger partial charge in [0, 0.05) is 6.04 Å². The van der Waals surface area contributed by atoms with E-state index in [4.69, 9.17) is 10.5 Å². The van der Waals surface area contributed by atoms with Crippen LogP contribution in [0.5, 0.6) is 5.75 Å². The number of ether oxygens (including phenoxy) is 1. The van der Waals surface area contributed by atoms with Crippen LogP contribution in [0.1, 0.15) is 56.9 Å². The third-order valence-corrected chi connectivity index (χ3v) is 4.37. The van der Waals surface area contributed by atoms with E-state index in [0.29, 0.717) is 0 Å². The minimum Gasteiger partial charge on any atom is -0.496 e. The van der Waals surface area contributed by atoms with Crippen LogP contribution in [0.15, 0.2) is 11.4 Å². The maximum Gasteiger partial charge on any atom is 0.134 e. The second-order valence-electron chi connectivity index (χ2n) is 4.61. The number of hydrogen-bond donors (Lipinski definition) is 1. The molecular formula is C14H25NOS. The summed E-state index contributed by atoms with van der Waals surface area (Å²) >= 11 is 1.71. The van der Waals surface area contributed by atoms with Gasteiger partial charge in [-0.25, -0.2) is 0 Å². The third kappa shape index (κ3) is 4.32. The van der Waals surface area contributed by atoms with Crippen LogP contribution in [0.25, 0.3) is 0 Å². The van der Waals surface area contributed by atoms with Gasteiger partial charge in [-0.3, -0.25) is 0 Å². The molecule has 0 amide bonds. The molecule has 0 spiro atoms. The Morgan fingerprint density at radius 2 is 2.18 bits per heavy atom. The molecule has 0 bridgehead atoms. The van der Waals surface area contributed by atoms with E-state index in [0.717, 1.165) is 18.1 Å². The molecule has 0 aliphatic carbocycles. The van der Waals surface area contributed by atoms with Crippen LogP contribution in [-0.2, 0) is 0 Å². The molecule has 17 heavy (non-hydrogen) atoms. The second-order valence-corrected chi connectivity index (χ2v) is 5.56. The van der Waals surface area contributed by atoms with E-state index >= 15 is 0 Å². The second kappa shape index (κ2) is 7.72. The van der Waals surface area contributed by atoms with Gasteiger partial charge in [0.1, 0.15) is 5.75 Å². The lowest BCUT2D eigenvalue weighted by Gasteiger charge is -2.19. The quantitative estimate of drug-likeness (QED) is 0.749. The van der Waals surface area contributed by atoms with E-state index in [-0.39, 0.29) is 6.04 Å². The van der Waals surface area contributed by atoms with Crippen LogP contribution in [0, 0.1) is 5.92 Å². The zero-order chi connectivity index (χ0) is 12.7. The van der Waals surface area contributed by atoms with E-state index in [1.165, 1.54) is 30.6 Å². The van der Waals surface area contributed by atoms with Crippen LogP contribution < -0.4 is 10.5 Å². The summed E-state index contributed by atoms with van der Waals surface area (Å²) in [5.74, 6) is 1.70. The number of thiophene rings is 1. The first-order chi connectivity index (χ1) is 8.22. The van der Waals surface area contributed by atoms with Crippen molar-refractivity contribution in [3.05, 3.63) is 16.3 Å². The molecule has 0 aromatic carbocycles. The molecule has 1 heterocycles. The molecular weight excluding hydrogens is 230 g/mol. The third-order valence-electron chi connectivity index (χ3n) is 3.34. The van der Waals surface area contributed by atoms with Crippen LogP contribution in [0.4, 0.5) is 0 Å². The fourth-order valence-corrected chi connectivity index (χ4v) is 3.07. The molecule has 1 aromatic rings. The molecule has 0 fully saturated rings. The number of rotatable bonds is 8. The fourth-order valence-electron chi connectivity index (χ4n) is 2.20. The number of unbranched alkanes of at least 4 members (excludes halogenated alkanes) is 1. The molecule has 3 heteroatoms. The number of methoxy groups -OCH3 is 1. The molecule has 1 rings (SSSR count). The first-order valence-corrected chi connectivity index (χ1v) is 7.47. The van der Waals surface area contributed by atoms with Crippen molar-refractivity contribution in [3.8, 4) is 5.75 Å². The standard InChI is InChI=1S/C14H25NOS/c1-4-6-7-11(5-2)10-12(15)14-13(16-3)8-9-17-14/h8-9,11-12H,4-7,10,15H2,1-3H3. The van der Waals surface area contributed by atoms with E-state index in [9.17, 15) is 0 Å². The summed E-state index contributed by atoms with van der Waals surface area (Å²) in [6.07, 6.45) is 6.18. The smallest absolute Gasteiger partial charge is 0.134 e. The van der Waals surface area contributed by atoms with Gasteiger partial charge in [-0.1, -0.05) is 39.5 Å². The largest absolute Gasteiger partial charge is 0.496 e. The first kappa shape index (κ1) is 14.5. The van der Waals surface area contributed by atoms with Crippen molar-refractivity contribution < 1.29 is 4.74 Å². The van der Waals surface area contributed by atoms with Crippen molar-refractivity contribution in [2.45, 2.75) is 52.0 Å². The monoisotopic (exact) mass is 255 g/mol. The van der Waals surface area contributed by atoms with E-state index in [2.05, 4.69) is 19.2 Å². The molecule has 0 aliphatic rings. The van der Waals surface area contributed by atoms with Crippen molar-refractivity contribution in [1.82, 2.24) is 0 Å². The molecule has 0 saturated heterocycles. The highest BCUT2D eigenvalue weighted by Gasteiger charge is 2.17. The molecule has 0 saturated carbocycles. The summed E-state index contributed by atoms with van der Waals surface area (Å²) in [7, 11) is 1.71. The Labute approximate surface area is 109 Å². The van der Waals surface area contributed by atoms with Crippen LogP contribution in [0.3, 0.4) is 0 Å². The average molecular weight is 255 g/mol. The first-order valence-electron chi connectivity index (χ1n) is 6.59. The lowest BCUT2D eigenvalue weighted by atomic mass is 9.92. The molecule has 2 atom stereocenters. The number of nitrogens with two attached hydrogens (primary N) is 1. The Kier molecular flexibility index (Phi) is 6.60. The zero-order valence-electron chi connectivity index (χ0n) is 11.2. The highest BCUT2D eigenvalue weighted by molar-refractivity contribution is 7.10. The summed E-state index contributed by atoms with van der Waals surface area (Å²) in [6, 6.07) is 2.14. The Bertz CT molecular complexity index is 311. The van der Waals surface area contributed by atoms with Gasteiger partial charge in [-0.2, -0.15) is 0 Å². The summed E-state index contributed by atoms with van der Waals surface area (Å²) in [5, 5.41) is 2.06. The van der Waals surface area contributed by atoms with Crippen LogP contribution >= 0.6 is 11.3 Å². The van der Waals surface area contributed by atoms with Crippen molar-refractivity contribution in [3.63, 3.8) is 0 Å². The van der Waals surface area contributed by atoms with Crippen molar-refractivity contribution >= 4 is 11.3 Å². The van der Waals surface area contributed by atoms with Gasteiger partial charge in [0.15, 0.2) is 0 Å². The van der Waals surface area contributed by atoms with E-state index < -0.39 is 0 Å². The molecule has 0 aliphatic heterocycles. The Morgan fingerprint density at radius 1 is 1.41 bits per heavy atom. The molecule has 2 N–H and O–H groups in total.